The molecule has 0 saturated carbocycles. The molecule has 1 N–H and O–H groups in total. The van der Waals surface area contributed by atoms with E-state index in [0.717, 1.165) is 11.5 Å². The topological polar surface area (TPSA) is 67.9 Å². The monoisotopic (exact) mass is 382 g/mol. The van der Waals surface area contributed by atoms with E-state index in [0.29, 0.717) is 11.3 Å². The molecule has 0 bridgehead atoms. The van der Waals surface area contributed by atoms with E-state index in [9.17, 15) is 14.0 Å². The predicted octanol–water partition coefficient (Wildman–Crippen LogP) is 3.51. The summed E-state index contributed by atoms with van der Waals surface area (Å²) in [7, 11) is 0. The van der Waals surface area contributed by atoms with Crippen molar-refractivity contribution in [2.75, 3.05) is 29.5 Å². The number of carbonyl (C=O) groups is 2. The molecule has 2 saturated heterocycles. The highest BCUT2D eigenvalue weighted by atomic mass is 32.2. The molecule has 8 heteroatoms. The molecule has 6 nitrogen and oxygen atoms in total. The molecule has 2 fully saturated rings. The maximum absolute atomic E-state index is 14.3. The summed E-state index contributed by atoms with van der Waals surface area (Å²) in [6.45, 7) is 5.68. The second-order valence-electron chi connectivity index (χ2n) is 7.44. The molecule has 2 heterocycles. The Balaban J connectivity index is 1.57. The molecule has 0 unspecified atom stereocenters. The van der Waals surface area contributed by atoms with E-state index >= 15 is 0 Å². The van der Waals surface area contributed by atoms with Gasteiger partial charge < -0.3 is 14.8 Å². The lowest BCUT2D eigenvalue weighted by Gasteiger charge is -2.26. The standard InChI is InChI=1S/C18H23FN2O4S/c1-18(2,3)25-16(22)20-7-13-8-21(17(23)24-13)12-4-5-14(15(19)6-12)11-9-26-10-11/h4-6,11,13H,7-10H2,1-3H3,(H,20,22)/t13-/m0/s1. The number of cyclic esters (lactones) is 1. The first-order chi connectivity index (χ1) is 12.2. The van der Waals surface area contributed by atoms with E-state index < -0.39 is 23.9 Å². The Bertz CT molecular complexity index is 703. The number of halogens is 1. The molecular weight excluding hydrogens is 359 g/mol. The number of thioether (sulfide) groups is 1. The van der Waals surface area contributed by atoms with E-state index in [1.54, 1.807) is 44.7 Å². The average Bonchev–Trinajstić information content (AvgIpc) is 2.85. The Labute approximate surface area is 156 Å². The zero-order valence-corrected chi connectivity index (χ0v) is 15.9. The lowest BCUT2D eigenvalue weighted by Crippen LogP contribution is -2.38. The van der Waals surface area contributed by atoms with Gasteiger partial charge in [-0.05, 0) is 38.5 Å². The number of benzene rings is 1. The molecule has 2 aliphatic heterocycles. The number of hydrogen-bond donors (Lipinski definition) is 1. The van der Waals surface area contributed by atoms with Crippen LogP contribution in [-0.4, -0.2) is 48.5 Å². The quantitative estimate of drug-likeness (QED) is 0.863. The minimum atomic E-state index is -0.597. The molecule has 26 heavy (non-hydrogen) atoms. The van der Waals surface area contributed by atoms with Gasteiger partial charge in [0.15, 0.2) is 0 Å². The molecule has 0 aliphatic carbocycles. The van der Waals surface area contributed by atoms with Crippen LogP contribution in [-0.2, 0) is 9.47 Å². The van der Waals surface area contributed by atoms with E-state index in [-0.39, 0.29) is 24.8 Å². The average molecular weight is 382 g/mol. The summed E-state index contributed by atoms with van der Waals surface area (Å²) < 4.78 is 24.7. The summed E-state index contributed by atoms with van der Waals surface area (Å²) in [6, 6.07) is 4.87. The highest BCUT2D eigenvalue weighted by molar-refractivity contribution is 8.00. The zero-order valence-electron chi connectivity index (χ0n) is 15.1. The molecular formula is C18H23FN2O4S. The van der Waals surface area contributed by atoms with Crippen LogP contribution in [0.5, 0.6) is 0 Å². The fraction of sp³-hybridized carbons (Fsp3) is 0.556. The molecule has 2 amide bonds. The number of amides is 2. The number of nitrogens with zero attached hydrogens (tertiary/aromatic N) is 1. The lowest BCUT2D eigenvalue weighted by atomic mass is 10.0. The minimum absolute atomic E-state index is 0.136. The van der Waals surface area contributed by atoms with Crippen LogP contribution in [0.1, 0.15) is 32.3 Å². The molecule has 1 aromatic rings. The van der Waals surface area contributed by atoms with Crippen molar-refractivity contribution in [3.8, 4) is 0 Å². The van der Waals surface area contributed by atoms with Crippen LogP contribution >= 0.6 is 11.8 Å². The van der Waals surface area contributed by atoms with Crippen molar-refractivity contribution in [1.82, 2.24) is 5.32 Å². The van der Waals surface area contributed by atoms with Gasteiger partial charge in [-0.15, -0.1) is 0 Å². The lowest BCUT2D eigenvalue weighted by molar-refractivity contribution is 0.0496. The van der Waals surface area contributed by atoms with E-state index in [1.165, 1.54) is 11.0 Å². The predicted molar refractivity (Wildman–Crippen MR) is 98.3 cm³/mol. The molecule has 2 aliphatic rings. The molecule has 142 valence electrons. The van der Waals surface area contributed by atoms with Gasteiger partial charge in [-0.1, -0.05) is 6.07 Å². The van der Waals surface area contributed by atoms with Gasteiger partial charge in [-0.3, -0.25) is 4.90 Å². The summed E-state index contributed by atoms with van der Waals surface area (Å²) in [4.78, 5) is 25.2. The third kappa shape index (κ3) is 4.41. The van der Waals surface area contributed by atoms with Gasteiger partial charge in [0.1, 0.15) is 17.5 Å². The van der Waals surface area contributed by atoms with Crippen LogP contribution in [0.3, 0.4) is 0 Å². The third-order valence-corrected chi connectivity index (χ3v) is 5.40. The van der Waals surface area contributed by atoms with Crippen LogP contribution in [0.4, 0.5) is 19.7 Å². The number of alkyl carbamates (subject to hydrolysis) is 1. The van der Waals surface area contributed by atoms with Gasteiger partial charge in [-0.2, -0.15) is 11.8 Å². The van der Waals surface area contributed by atoms with Crippen LogP contribution in [0, 0.1) is 5.82 Å². The normalized spacial score (nSPS) is 20.5. The highest BCUT2D eigenvalue weighted by Crippen LogP contribution is 2.36. The third-order valence-electron chi connectivity index (χ3n) is 4.12. The van der Waals surface area contributed by atoms with Gasteiger partial charge in [0.25, 0.3) is 0 Å². The second-order valence-corrected chi connectivity index (χ2v) is 8.51. The zero-order chi connectivity index (χ0) is 18.9. The maximum Gasteiger partial charge on any atom is 0.414 e. The van der Waals surface area contributed by atoms with Crippen molar-refractivity contribution in [2.24, 2.45) is 0 Å². The van der Waals surface area contributed by atoms with Gasteiger partial charge in [0.05, 0.1) is 18.8 Å². The first-order valence-electron chi connectivity index (χ1n) is 8.55. The number of anilines is 1. The second kappa shape index (κ2) is 7.34. The summed E-state index contributed by atoms with van der Waals surface area (Å²) >= 11 is 1.79. The van der Waals surface area contributed by atoms with Crippen molar-refractivity contribution >= 4 is 29.6 Å². The largest absolute Gasteiger partial charge is 0.444 e. The molecule has 1 aromatic carbocycles. The van der Waals surface area contributed by atoms with Crippen LogP contribution in [0.25, 0.3) is 0 Å². The van der Waals surface area contributed by atoms with Crippen LogP contribution in [0.2, 0.25) is 0 Å². The smallest absolute Gasteiger partial charge is 0.414 e. The Morgan fingerprint density at radius 3 is 2.73 bits per heavy atom. The molecule has 0 radical (unpaired) electrons. The van der Waals surface area contributed by atoms with E-state index in [4.69, 9.17) is 9.47 Å². The van der Waals surface area contributed by atoms with Crippen LogP contribution in [0.15, 0.2) is 18.2 Å². The van der Waals surface area contributed by atoms with Gasteiger partial charge in [0.2, 0.25) is 0 Å². The minimum Gasteiger partial charge on any atom is -0.444 e. The first kappa shape index (κ1) is 18.8. The number of carbonyl (C=O) groups excluding carboxylic acids is 2. The van der Waals surface area contributed by atoms with Crippen molar-refractivity contribution in [1.29, 1.82) is 0 Å². The number of rotatable bonds is 4. The Morgan fingerprint density at radius 1 is 1.42 bits per heavy atom. The molecule has 1 atom stereocenters. The summed E-state index contributed by atoms with van der Waals surface area (Å²) in [6.07, 6.45) is -1.63. The van der Waals surface area contributed by atoms with Gasteiger partial charge >= 0.3 is 12.2 Å². The van der Waals surface area contributed by atoms with Crippen molar-refractivity contribution in [3.05, 3.63) is 29.6 Å². The van der Waals surface area contributed by atoms with Gasteiger partial charge in [0, 0.05) is 17.4 Å². The fourth-order valence-electron chi connectivity index (χ4n) is 2.78. The van der Waals surface area contributed by atoms with Gasteiger partial charge in [-0.25, -0.2) is 14.0 Å². The summed E-state index contributed by atoms with van der Waals surface area (Å²) in [5.41, 5.74) is 0.562. The van der Waals surface area contributed by atoms with Crippen molar-refractivity contribution in [2.45, 2.75) is 38.4 Å². The summed E-state index contributed by atoms with van der Waals surface area (Å²) in [5, 5.41) is 2.58. The Kier molecular flexibility index (Phi) is 5.32. The Hall–Kier alpha value is -1.96. The maximum atomic E-state index is 14.3. The van der Waals surface area contributed by atoms with Crippen molar-refractivity contribution in [3.63, 3.8) is 0 Å². The Morgan fingerprint density at radius 2 is 2.15 bits per heavy atom. The highest BCUT2D eigenvalue weighted by Gasteiger charge is 2.33. The fourth-order valence-corrected chi connectivity index (χ4v) is 3.61. The van der Waals surface area contributed by atoms with E-state index in [1.807, 2.05) is 0 Å². The molecule has 0 spiro atoms. The number of nitrogens with one attached hydrogen (secondary N) is 1. The van der Waals surface area contributed by atoms with E-state index in [2.05, 4.69) is 5.32 Å². The number of ether oxygens (including phenoxy) is 2. The van der Waals surface area contributed by atoms with Crippen LogP contribution < -0.4 is 10.2 Å². The molecule has 0 aromatic heterocycles. The molecule has 3 rings (SSSR count). The number of hydrogen-bond acceptors (Lipinski definition) is 5. The SMILES string of the molecule is CC(C)(C)OC(=O)NC[C@H]1CN(c2ccc(C3CSC3)c(F)c2)C(=O)O1. The van der Waals surface area contributed by atoms with Crippen molar-refractivity contribution < 1.29 is 23.5 Å². The summed E-state index contributed by atoms with van der Waals surface area (Å²) in [5.74, 6) is 1.82. The first-order valence-corrected chi connectivity index (χ1v) is 9.70.